The number of amides is 1. The number of nitrogens with one attached hydrogen (secondary N) is 1. The average molecular weight is 347 g/mol. The van der Waals surface area contributed by atoms with Gasteiger partial charge in [-0.05, 0) is 11.6 Å². The van der Waals surface area contributed by atoms with Crippen LogP contribution in [0.1, 0.15) is 29.0 Å². The number of para-hydroxylation sites is 1. The summed E-state index contributed by atoms with van der Waals surface area (Å²) in [5.41, 5.74) is 3.31. The third-order valence-corrected chi connectivity index (χ3v) is 4.78. The molecule has 0 unspecified atom stereocenters. The molecule has 0 fully saturated rings. The number of hydrogen-bond acceptors (Lipinski definition) is 3. The molecule has 1 atom stereocenters. The van der Waals surface area contributed by atoms with Gasteiger partial charge in [0.25, 0.3) is 0 Å². The molecule has 1 aromatic heterocycles. The van der Waals surface area contributed by atoms with Gasteiger partial charge in [-0.15, -0.1) is 0 Å². The van der Waals surface area contributed by atoms with E-state index in [0.29, 0.717) is 13.0 Å². The number of hydrogen-bond donors (Lipinski definition) is 1. The Morgan fingerprint density at radius 3 is 2.73 bits per heavy atom. The van der Waals surface area contributed by atoms with Crippen LogP contribution in [-0.2, 0) is 18.3 Å². The van der Waals surface area contributed by atoms with Gasteiger partial charge in [-0.2, -0.15) is 5.10 Å². The second kappa shape index (κ2) is 7.04. The van der Waals surface area contributed by atoms with E-state index >= 15 is 0 Å². The Labute approximate surface area is 152 Å². The molecule has 0 saturated carbocycles. The first kappa shape index (κ1) is 16.4. The Bertz CT molecular complexity index is 918. The number of carbonyl (C=O) groups is 1. The highest BCUT2D eigenvalue weighted by molar-refractivity contribution is 5.94. The fraction of sp³-hybridized carbons (Fsp3) is 0.238. The van der Waals surface area contributed by atoms with E-state index in [2.05, 4.69) is 22.5 Å². The lowest BCUT2D eigenvalue weighted by Gasteiger charge is -2.25. The van der Waals surface area contributed by atoms with Gasteiger partial charge in [0.1, 0.15) is 11.6 Å². The molecule has 3 aromatic rings. The fourth-order valence-electron chi connectivity index (χ4n) is 3.44. The minimum atomic E-state index is -0.0413. The first-order chi connectivity index (χ1) is 12.7. The maximum Gasteiger partial charge on any atom is 0.226 e. The molecular weight excluding hydrogens is 326 g/mol. The van der Waals surface area contributed by atoms with Crippen molar-refractivity contribution in [2.24, 2.45) is 7.05 Å². The lowest BCUT2D eigenvalue weighted by atomic mass is 9.87. The SMILES string of the molecule is Cn1ncc2c1NC(=O)C[C@@H]2c1ccccc1OCCc1ccccc1. The molecule has 2 heterocycles. The molecule has 0 spiro atoms. The number of nitrogens with zero attached hydrogens (tertiary/aromatic N) is 2. The van der Waals surface area contributed by atoms with Crippen molar-refractivity contribution in [1.82, 2.24) is 9.78 Å². The zero-order valence-electron chi connectivity index (χ0n) is 14.7. The first-order valence-corrected chi connectivity index (χ1v) is 8.80. The molecule has 1 amide bonds. The number of anilines is 1. The topological polar surface area (TPSA) is 56.2 Å². The summed E-state index contributed by atoms with van der Waals surface area (Å²) in [6, 6.07) is 18.3. The Kier molecular flexibility index (Phi) is 4.44. The predicted octanol–water partition coefficient (Wildman–Crippen LogP) is 3.52. The van der Waals surface area contributed by atoms with E-state index in [9.17, 15) is 4.79 Å². The largest absolute Gasteiger partial charge is 0.493 e. The molecule has 1 aliphatic heterocycles. The standard InChI is InChI=1S/C21H21N3O2/c1-24-21-18(14-22-24)17(13-20(25)23-21)16-9-5-6-10-19(16)26-12-11-15-7-3-2-4-8-15/h2-10,14,17H,11-13H2,1H3,(H,23,25)/t17-/m1/s1. The molecule has 5 heteroatoms. The molecule has 5 nitrogen and oxygen atoms in total. The minimum Gasteiger partial charge on any atom is -0.493 e. The highest BCUT2D eigenvalue weighted by atomic mass is 16.5. The number of aryl methyl sites for hydroxylation is 1. The highest BCUT2D eigenvalue weighted by Gasteiger charge is 2.31. The normalized spacial score (nSPS) is 16.0. The van der Waals surface area contributed by atoms with Crippen molar-refractivity contribution in [1.29, 1.82) is 0 Å². The molecule has 1 aliphatic rings. The van der Waals surface area contributed by atoms with E-state index in [-0.39, 0.29) is 11.8 Å². The monoisotopic (exact) mass is 347 g/mol. The summed E-state index contributed by atoms with van der Waals surface area (Å²) in [6.45, 7) is 0.597. The van der Waals surface area contributed by atoms with Gasteiger partial charge in [0.05, 0.1) is 12.8 Å². The molecule has 0 radical (unpaired) electrons. The molecule has 4 rings (SSSR count). The summed E-state index contributed by atoms with van der Waals surface area (Å²) in [5, 5.41) is 7.21. The van der Waals surface area contributed by atoms with Gasteiger partial charge >= 0.3 is 0 Å². The first-order valence-electron chi connectivity index (χ1n) is 8.80. The Hall–Kier alpha value is -3.08. The van der Waals surface area contributed by atoms with Crippen LogP contribution in [0.5, 0.6) is 5.75 Å². The second-order valence-corrected chi connectivity index (χ2v) is 6.50. The van der Waals surface area contributed by atoms with E-state index in [1.807, 2.05) is 55.7 Å². The Morgan fingerprint density at radius 2 is 1.88 bits per heavy atom. The van der Waals surface area contributed by atoms with Crippen molar-refractivity contribution in [3.05, 3.63) is 77.5 Å². The van der Waals surface area contributed by atoms with E-state index in [1.165, 1.54) is 5.56 Å². The van der Waals surface area contributed by atoms with Gasteiger partial charge in [0.15, 0.2) is 0 Å². The lowest BCUT2D eigenvalue weighted by molar-refractivity contribution is -0.116. The summed E-state index contributed by atoms with van der Waals surface area (Å²) in [4.78, 5) is 12.2. The maximum atomic E-state index is 12.2. The van der Waals surface area contributed by atoms with Gasteiger partial charge in [0, 0.05) is 36.9 Å². The van der Waals surface area contributed by atoms with Crippen LogP contribution in [0.25, 0.3) is 0 Å². The van der Waals surface area contributed by atoms with Gasteiger partial charge in [0.2, 0.25) is 5.91 Å². The van der Waals surface area contributed by atoms with Crippen molar-refractivity contribution >= 4 is 11.7 Å². The van der Waals surface area contributed by atoms with Crippen LogP contribution in [0.2, 0.25) is 0 Å². The summed E-state index contributed by atoms with van der Waals surface area (Å²) in [7, 11) is 1.84. The predicted molar refractivity (Wildman–Crippen MR) is 100 cm³/mol. The van der Waals surface area contributed by atoms with Gasteiger partial charge in [-0.3, -0.25) is 9.48 Å². The van der Waals surface area contributed by atoms with Gasteiger partial charge in [-0.25, -0.2) is 0 Å². The number of ether oxygens (including phenoxy) is 1. The van der Waals surface area contributed by atoms with Crippen LogP contribution in [0, 0.1) is 0 Å². The fourth-order valence-corrected chi connectivity index (χ4v) is 3.44. The van der Waals surface area contributed by atoms with Crippen LogP contribution in [0.3, 0.4) is 0 Å². The third-order valence-electron chi connectivity index (χ3n) is 4.78. The third kappa shape index (κ3) is 3.20. The number of fused-ring (bicyclic) bond motifs is 1. The summed E-state index contributed by atoms with van der Waals surface area (Å²) >= 11 is 0. The summed E-state index contributed by atoms with van der Waals surface area (Å²) in [5.74, 6) is 1.56. The van der Waals surface area contributed by atoms with Crippen LogP contribution in [0.4, 0.5) is 5.82 Å². The van der Waals surface area contributed by atoms with Crippen molar-refractivity contribution in [3.63, 3.8) is 0 Å². The van der Waals surface area contributed by atoms with Gasteiger partial charge < -0.3 is 10.1 Å². The zero-order valence-corrected chi connectivity index (χ0v) is 14.7. The van der Waals surface area contributed by atoms with Crippen molar-refractivity contribution in [2.45, 2.75) is 18.8 Å². The smallest absolute Gasteiger partial charge is 0.226 e. The molecule has 26 heavy (non-hydrogen) atoms. The minimum absolute atomic E-state index is 0.00480. The molecular formula is C21H21N3O2. The quantitative estimate of drug-likeness (QED) is 0.768. The highest BCUT2D eigenvalue weighted by Crippen LogP contribution is 2.40. The van der Waals surface area contributed by atoms with E-state index in [0.717, 1.165) is 29.1 Å². The van der Waals surface area contributed by atoms with Crippen LogP contribution in [0.15, 0.2) is 60.8 Å². The number of carbonyl (C=O) groups excluding carboxylic acids is 1. The number of aromatic nitrogens is 2. The molecule has 0 bridgehead atoms. The molecule has 2 aromatic carbocycles. The second-order valence-electron chi connectivity index (χ2n) is 6.50. The summed E-state index contributed by atoms with van der Waals surface area (Å²) in [6.07, 6.45) is 3.08. The molecule has 0 aliphatic carbocycles. The molecule has 1 N–H and O–H groups in total. The Balaban J connectivity index is 1.57. The molecule has 0 saturated heterocycles. The van der Waals surface area contributed by atoms with Gasteiger partial charge in [-0.1, -0.05) is 48.5 Å². The van der Waals surface area contributed by atoms with E-state index in [4.69, 9.17) is 4.74 Å². The van der Waals surface area contributed by atoms with Crippen LogP contribution >= 0.6 is 0 Å². The zero-order chi connectivity index (χ0) is 17.9. The van der Waals surface area contributed by atoms with Crippen LogP contribution < -0.4 is 10.1 Å². The maximum absolute atomic E-state index is 12.2. The number of rotatable bonds is 5. The molecule has 132 valence electrons. The Morgan fingerprint density at radius 1 is 1.12 bits per heavy atom. The summed E-state index contributed by atoms with van der Waals surface area (Å²) < 4.78 is 7.80. The van der Waals surface area contributed by atoms with E-state index in [1.54, 1.807) is 4.68 Å². The van der Waals surface area contributed by atoms with Crippen molar-refractivity contribution in [3.8, 4) is 5.75 Å². The van der Waals surface area contributed by atoms with Crippen molar-refractivity contribution in [2.75, 3.05) is 11.9 Å². The van der Waals surface area contributed by atoms with E-state index < -0.39 is 0 Å². The van der Waals surface area contributed by atoms with Crippen LogP contribution in [-0.4, -0.2) is 22.3 Å². The average Bonchev–Trinajstić information content (AvgIpc) is 3.03. The number of benzene rings is 2. The lowest BCUT2D eigenvalue weighted by Crippen LogP contribution is -2.24. The van der Waals surface area contributed by atoms with Crippen molar-refractivity contribution < 1.29 is 9.53 Å².